The van der Waals surface area contributed by atoms with Crippen molar-refractivity contribution in [2.45, 2.75) is 19.9 Å². The van der Waals surface area contributed by atoms with Gasteiger partial charge < -0.3 is 9.30 Å². The van der Waals surface area contributed by atoms with E-state index in [0.29, 0.717) is 35.3 Å². The number of para-hydroxylation sites is 1. The van der Waals surface area contributed by atoms with Crippen molar-refractivity contribution in [3.8, 4) is 0 Å². The average molecular weight is 362 g/mol. The summed E-state index contributed by atoms with van der Waals surface area (Å²) in [5.41, 5.74) is 2.56. The van der Waals surface area contributed by atoms with Crippen LogP contribution >= 0.6 is 23.2 Å². The molecule has 0 saturated heterocycles. The molecule has 0 radical (unpaired) electrons. The van der Waals surface area contributed by atoms with Gasteiger partial charge in [-0.2, -0.15) is 0 Å². The van der Waals surface area contributed by atoms with Gasteiger partial charge in [0.25, 0.3) is 0 Å². The Morgan fingerprint density at radius 1 is 1.12 bits per heavy atom. The van der Waals surface area contributed by atoms with E-state index in [2.05, 4.69) is 0 Å². The molecule has 2 aromatic carbocycles. The second kappa shape index (κ2) is 7.29. The molecule has 3 nitrogen and oxygen atoms in total. The molecule has 0 fully saturated rings. The smallest absolute Gasteiger partial charge is 0.354 e. The van der Waals surface area contributed by atoms with Gasteiger partial charge in [0, 0.05) is 27.5 Å². The summed E-state index contributed by atoms with van der Waals surface area (Å²) in [5.74, 6) is -0.309. The molecule has 0 amide bonds. The third-order valence-corrected chi connectivity index (χ3v) is 4.50. The van der Waals surface area contributed by atoms with Gasteiger partial charge in [-0.05, 0) is 43.2 Å². The van der Waals surface area contributed by atoms with E-state index in [0.717, 1.165) is 16.5 Å². The van der Waals surface area contributed by atoms with Crippen molar-refractivity contribution in [1.29, 1.82) is 0 Å². The Bertz CT molecular complexity index is 886. The largest absolute Gasteiger partial charge is 0.461 e. The normalized spacial score (nSPS) is 11.0. The Balaban J connectivity index is 1.95. The van der Waals surface area contributed by atoms with Crippen LogP contribution in [0.4, 0.5) is 0 Å². The second-order valence-electron chi connectivity index (χ2n) is 5.45. The lowest BCUT2D eigenvalue weighted by atomic mass is 10.1. The Hall–Kier alpha value is -1.97. The highest BCUT2D eigenvalue weighted by molar-refractivity contribution is 6.35. The van der Waals surface area contributed by atoms with Gasteiger partial charge in [0.2, 0.25) is 0 Å². The molecule has 3 rings (SSSR count). The van der Waals surface area contributed by atoms with Crippen LogP contribution in [0.1, 0.15) is 23.0 Å². The predicted octanol–water partition coefficient (Wildman–Crippen LogP) is 5.37. The maximum atomic E-state index is 12.3. The number of hydrogen-bond acceptors (Lipinski definition) is 2. The van der Waals surface area contributed by atoms with E-state index in [4.69, 9.17) is 27.9 Å². The maximum Gasteiger partial charge on any atom is 0.354 e. The number of nitrogens with zero attached hydrogens (tertiary/aromatic N) is 1. The molecule has 124 valence electrons. The third-order valence-electron chi connectivity index (χ3n) is 3.91. The van der Waals surface area contributed by atoms with E-state index >= 15 is 0 Å². The van der Waals surface area contributed by atoms with Crippen LogP contribution in [0.25, 0.3) is 10.9 Å². The van der Waals surface area contributed by atoms with Crippen molar-refractivity contribution >= 4 is 40.1 Å². The van der Waals surface area contributed by atoms with Crippen LogP contribution in [-0.2, 0) is 17.7 Å². The van der Waals surface area contributed by atoms with Crippen molar-refractivity contribution < 1.29 is 9.53 Å². The molecule has 3 aromatic rings. The molecule has 1 aromatic heterocycles. The molecular weight excluding hydrogens is 345 g/mol. The molecule has 5 heteroatoms. The zero-order valence-electron chi connectivity index (χ0n) is 13.3. The van der Waals surface area contributed by atoms with E-state index in [1.165, 1.54) is 0 Å². The fourth-order valence-corrected chi connectivity index (χ4v) is 3.29. The van der Waals surface area contributed by atoms with Gasteiger partial charge in [-0.25, -0.2) is 4.79 Å². The number of rotatable bonds is 5. The molecule has 0 N–H and O–H groups in total. The monoisotopic (exact) mass is 361 g/mol. The molecule has 0 atom stereocenters. The molecule has 0 saturated carbocycles. The minimum absolute atomic E-state index is 0.309. The van der Waals surface area contributed by atoms with Gasteiger partial charge in [-0.3, -0.25) is 0 Å². The van der Waals surface area contributed by atoms with Crippen molar-refractivity contribution in [3.63, 3.8) is 0 Å². The Morgan fingerprint density at radius 3 is 2.67 bits per heavy atom. The summed E-state index contributed by atoms with van der Waals surface area (Å²) < 4.78 is 7.17. The number of aromatic nitrogens is 1. The van der Waals surface area contributed by atoms with E-state index in [-0.39, 0.29) is 5.97 Å². The van der Waals surface area contributed by atoms with E-state index < -0.39 is 0 Å². The number of benzene rings is 2. The first-order valence-electron chi connectivity index (χ1n) is 7.79. The summed E-state index contributed by atoms with van der Waals surface area (Å²) in [6.45, 7) is 2.78. The van der Waals surface area contributed by atoms with Crippen LogP contribution in [0.15, 0.2) is 48.5 Å². The minimum Gasteiger partial charge on any atom is -0.461 e. The fraction of sp³-hybridized carbons (Fsp3) is 0.211. The van der Waals surface area contributed by atoms with Crippen molar-refractivity contribution in [1.82, 2.24) is 4.57 Å². The number of carbonyl (C=O) groups is 1. The summed E-state index contributed by atoms with van der Waals surface area (Å²) in [6.07, 6.45) is 0.696. The van der Waals surface area contributed by atoms with Gasteiger partial charge in [0.1, 0.15) is 5.69 Å². The van der Waals surface area contributed by atoms with Gasteiger partial charge >= 0.3 is 5.97 Å². The predicted molar refractivity (Wildman–Crippen MR) is 98.1 cm³/mol. The highest BCUT2D eigenvalue weighted by Gasteiger charge is 2.16. The van der Waals surface area contributed by atoms with Crippen molar-refractivity contribution in [3.05, 3.63) is 69.8 Å². The number of hydrogen-bond donors (Lipinski definition) is 0. The summed E-state index contributed by atoms with van der Waals surface area (Å²) in [7, 11) is 0. The number of halogens is 2. The highest BCUT2D eigenvalue weighted by Crippen LogP contribution is 2.24. The first kappa shape index (κ1) is 16.9. The number of fused-ring (bicyclic) bond motifs is 1. The standard InChI is InChI=1S/C19H17Cl2NO2/c1-2-24-19(23)18-11-14-5-3-4-6-17(14)22(18)10-9-13-7-8-15(20)12-16(13)21/h3-8,11-12H,2,9-10H2,1H3. The van der Waals surface area contributed by atoms with Gasteiger partial charge in [-0.1, -0.05) is 47.5 Å². The van der Waals surface area contributed by atoms with E-state index in [1.807, 2.05) is 47.0 Å². The third kappa shape index (κ3) is 3.42. The first-order valence-corrected chi connectivity index (χ1v) is 8.55. The van der Waals surface area contributed by atoms with Crippen molar-refractivity contribution in [2.75, 3.05) is 6.61 Å². The molecule has 0 aliphatic carbocycles. The maximum absolute atomic E-state index is 12.3. The lowest BCUT2D eigenvalue weighted by Gasteiger charge is -2.11. The molecule has 24 heavy (non-hydrogen) atoms. The number of carbonyl (C=O) groups excluding carboxylic acids is 1. The van der Waals surface area contributed by atoms with E-state index in [9.17, 15) is 4.79 Å². The molecule has 0 aliphatic rings. The number of aryl methyl sites for hydroxylation is 2. The molecular formula is C19H17Cl2NO2. The van der Waals surface area contributed by atoms with E-state index in [1.54, 1.807) is 13.0 Å². The van der Waals surface area contributed by atoms with Crippen LogP contribution in [0, 0.1) is 0 Å². The Morgan fingerprint density at radius 2 is 1.92 bits per heavy atom. The molecule has 0 spiro atoms. The first-order chi connectivity index (χ1) is 11.6. The summed E-state index contributed by atoms with van der Waals surface area (Å²) in [5, 5.41) is 2.27. The van der Waals surface area contributed by atoms with Gasteiger partial charge in [-0.15, -0.1) is 0 Å². The van der Waals surface area contributed by atoms with Crippen LogP contribution < -0.4 is 0 Å². The topological polar surface area (TPSA) is 31.2 Å². The minimum atomic E-state index is -0.309. The van der Waals surface area contributed by atoms with Gasteiger partial charge in [0.05, 0.1) is 6.61 Å². The quantitative estimate of drug-likeness (QED) is 0.572. The molecule has 1 heterocycles. The molecule has 0 unspecified atom stereocenters. The van der Waals surface area contributed by atoms with Crippen molar-refractivity contribution in [2.24, 2.45) is 0 Å². The zero-order chi connectivity index (χ0) is 17.1. The lowest BCUT2D eigenvalue weighted by molar-refractivity contribution is 0.0514. The second-order valence-corrected chi connectivity index (χ2v) is 6.29. The van der Waals surface area contributed by atoms with Crippen LogP contribution in [0.3, 0.4) is 0 Å². The SMILES string of the molecule is CCOC(=O)c1cc2ccccc2n1CCc1ccc(Cl)cc1Cl. The summed E-state index contributed by atoms with van der Waals surface area (Å²) in [6, 6.07) is 15.3. The fourth-order valence-electron chi connectivity index (χ4n) is 2.78. The lowest BCUT2D eigenvalue weighted by Crippen LogP contribution is -2.13. The zero-order valence-corrected chi connectivity index (χ0v) is 14.8. The Labute approximate surface area is 150 Å². The van der Waals surface area contributed by atoms with Crippen LogP contribution in [-0.4, -0.2) is 17.1 Å². The average Bonchev–Trinajstić information content (AvgIpc) is 2.93. The van der Waals surface area contributed by atoms with Crippen LogP contribution in [0.2, 0.25) is 10.0 Å². The molecule has 0 aliphatic heterocycles. The number of esters is 1. The Kier molecular flexibility index (Phi) is 5.12. The summed E-state index contributed by atoms with van der Waals surface area (Å²) in [4.78, 5) is 12.3. The van der Waals surface area contributed by atoms with Gasteiger partial charge in [0.15, 0.2) is 0 Å². The molecule has 0 bridgehead atoms. The number of ether oxygens (including phenoxy) is 1. The van der Waals surface area contributed by atoms with Crippen LogP contribution in [0.5, 0.6) is 0 Å². The summed E-state index contributed by atoms with van der Waals surface area (Å²) >= 11 is 12.2. The highest BCUT2D eigenvalue weighted by atomic mass is 35.5.